The van der Waals surface area contributed by atoms with E-state index in [-0.39, 0.29) is 66.2 Å². The highest BCUT2D eigenvalue weighted by Gasteiger charge is 2.46. The largest absolute Gasteiger partial charge is 0.418 e. The zero-order chi connectivity index (χ0) is 25.8. The van der Waals surface area contributed by atoms with Gasteiger partial charge < -0.3 is 31.4 Å². The van der Waals surface area contributed by atoms with Crippen molar-refractivity contribution in [2.45, 2.75) is 49.7 Å². The maximum atomic E-state index is 14.9. The van der Waals surface area contributed by atoms with Gasteiger partial charge in [-0.1, -0.05) is 0 Å². The third-order valence-corrected chi connectivity index (χ3v) is 6.63. The number of imidazole rings is 1. The summed E-state index contributed by atoms with van der Waals surface area (Å²) in [7, 11) is 0. The van der Waals surface area contributed by atoms with Crippen molar-refractivity contribution in [2.24, 2.45) is 5.73 Å². The van der Waals surface area contributed by atoms with Crippen LogP contribution in [-0.4, -0.2) is 61.4 Å². The number of hydrogen-bond donors (Lipinski definition) is 4. The number of benzene rings is 1. The molecular formula is C22H24F4N8O2. The van der Waals surface area contributed by atoms with Crippen molar-refractivity contribution >= 4 is 28.6 Å². The van der Waals surface area contributed by atoms with E-state index in [4.69, 9.17) is 11.5 Å². The second-order valence-electron chi connectivity index (χ2n) is 9.28. The quantitative estimate of drug-likeness (QED) is 0.365. The van der Waals surface area contributed by atoms with Crippen molar-refractivity contribution in [3.63, 3.8) is 0 Å². The van der Waals surface area contributed by atoms with Crippen LogP contribution in [0.1, 0.15) is 36.5 Å². The highest BCUT2D eigenvalue weighted by Crippen LogP contribution is 2.41. The van der Waals surface area contributed by atoms with E-state index in [9.17, 15) is 27.5 Å². The number of amides is 1. The number of aliphatic hydroxyl groups excluding tert-OH is 1. The zero-order valence-electron chi connectivity index (χ0n) is 19.0. The van der Waals surface area contributed by atoms with Gasteiger partial charge >= 0.3 is 6.18 Å². The molecule has 1 aliphatic carbocycles. The number of aromatic nitrogens is 4. The van der Waals surface area contributed by atoms with E-state index < -0.39 is 29.2 Å². The lowest BCUT2D eigenvalue weighted by molar-refractivity contribution is -0.207. The van der Waals surface area contributed by atoms with E-state index in [2.05, 4.69) is 20.3 Å². The van der Waals surface area contributed by atoms with Gasteiger partial charge in [0.25, 0.3) is 0 Å². The first-order valence-corrected chi connectivity index (χ1v) is 11.3. The van der Waals surface area contributed by atoms with Gasteiger partial charge in [0, 0.05) is 35.9 Å². The molecule has 0 bridgehead atoms. The number of alkyl halides is 3. The minimum absolute atomic E-state index is 0.00549. The minimum atomic E-state index is -5.12. The van der Waals surface area contributed by atoms with Gasteiger partial charge in [-0.05, 0) is 31.4 Å². The van der Waals surface area contributed by atoms with E-state index in [1.54, 1.807) is 4.90 Å². The van der Waals surface area contributed by atoms with Gasteiger partial charge in [-0.15, -0.1) is 0 Å². The Morgan fingerprint density at radius 1 is 1.28 bits per heavy atom. The van der Waals surface area contributed by atoms with Crippen LogP contribution in [0.2, 0.25) is 0 Å². The average molecular weight is 508 g/mol. The summed E-state index contributed by atoms with van der Waals surface area (Å²) < 4.78 is 57.0. The van der Waals surface area contributed by atoms with Crippen LogP contribution in [0.15, 0.2) is 24.8 Å². The molecule has 1 saturated carbocycles. The number of nitrogens with zero attached hydrogens (tertiary/aromatic N) is 5. The van der Waals surface area contributed by atoms with Crippen LogP contribution in [0.25, 0.3) is 11.2 Å². The molecular weight excluding hydrogens is 484 g/mol. The van der Waals surface area contributed by atoms with Gasteiger partial charge in [-0.2, -0.15) is 13.2 Å². The summed E-state index contributed by atoms with van der Waals surface area (Å²) in [5.41, 5.74) is 10.5. The molecule has 3 heterocycles. The molecule has 3 aromatic rings. The number of anilines is 2. The van der Waals surface area contributed by atoms with Crippen LogP contribution in [0.5, 0.6) is 0 Å². The maximum absolute atomic E-state index is 14.9. The molecule has 10 nitrogen and oxygen atoms in total. The summed E-state index contributed by atoms with van der Waals surface area (Å²) in [6, 6.07) is 2.28. The van der Waals surface area contributed by atoms with Crippen LogP contribution in [-0.2, 0) is 11.3 Å². The normalized spacial score (nSPS) is 21.2. The summed E-state index contributed by atoms with van der Waals surface area (Å²) in [5.74, 6) is -1.48. The molecule has 192 valence electrons. The zero-order valence-corrected chi connectivity index (χ0v) is 19.0. The number of halogens is 4. The third kappa shape index (κ3) is 4.30. The summed E-state index contributed by atoms with van der Waals surface area (Å²) in [5, 5.41) is 13.0. The summed E-state index contributed by atoms with van der Waals surface area (Å²) in [6.07, 6.45) is -3.73. The second-order valence-corrected chi connectivity index (χ2v) is 9.28. The molecule has 2 atom stereocenters. The number of hydrogen-bond acceptors (Lipinski definition) is 8. The van der Waals surface area contributed by atoms with Crippen molar-refractivity contribution < 1.29 is 27.5 Å². The fourth-order valence-electron chi connectivity index (χ4n) is 4.51. The monoisotopic (exact) mass is 508 g/mol. The molecule has 0 unspecified atom stereocenters. The van der Waals surface area contributed by atoms with Gasteiger partial charge in [-0.3, -0.25) is 4.79 Å². The molecule has 1 amide bonds. The van der Waals surface area contributed by atoms with Gasteiger partial charge in [0.15, 0.2) is 17.6 Å². The van der Waals surface area contributed by atoms with Crippen molar-refractivity contribution in [1.82, 2.24) is 24.8 Å². The Balaban J connectivity index is 1.57. The van der Waals surface area contributed by atoms with E-state index in [0.29, 0.717) is 0 Å². The fourth-order valence-corrected chi connectivity index (χ4v) is 4.51. The Labute approximate surface area is 202 Å². The van der Waals surface area contributed by atoms with Crippen LogP contribution >= 0.6 is 0 Å². The predicted molar refractivity (Wildman–Crippen MR) is 121 cm³/mol. The smallest absolute Gasteiger partial charge is 0.382 e. The third-order valence-electron chi connectivity index (χ3n) is 6.63. The Morgan fingerprint density at radius 3 is 2.72 bits per heavy atom. The number of nitrogens with two attached hydrogens (primary N) is 2. The summed E-state index contributed by atoms with van der Waals surface area (Å²) >= 11 is 0. The highest BCUT2D eigenvalue weighted by atomic mass is 19.4. The van der Waals surface area contributed by atoms with Gasteiger partial charge in [0.1, 0.15) is 23.2 Å². The minimum Gasteiger partial charge on any atom is -0.382 e. The topological polar surface area (TPSA) is 148 Å². The van der Waals surface area contributed by atoms with E-state index >= 15 is 0 Å². The number of aliphatic hydroxyl groups is 1. The maximum Gasteiger partial charge on any atom is 0.418 e. The summed E-state index contributed by atoms with van der Waals surface area (Å²) in [6.45, 7) is -0.0645. The van der Waals surface area contributed by atoms with Crippen molar-refractivity contribution in [3.05, 3.63) is 41.7 Å². The lowest BCUT2D eigenvalue weighted by Gasteiger charge is -2.28. The van der Waals surface area contributed by atoms with Crippen LogP contribution in [0.4, 0.5) is 29.1 Å². The highest BCUT2D eigenvalue weighted by molar-refractivity contribution is 5.88. The van der Waals surface area contributed by atoms with Crippen LogP contribution in [0.3, 0.4) is 0 Å². The van der Waals surface area contributed by atoms with Gasteiger partial charge in [0.2, 0.25) is 5.91 Å². The molecule has 2 fully saturated rings. The van der Waals surface area contributed by atoms with Crippen molar-refractivity contribution in [3.8, 4) is 0 Å². The number of nitrogens with one attached hydrogen (secondary N) is 1. The summed E-state index contributed by atoms with van der Waals surface area (Å²) in [4.78, 5) is 26.4. The Morgan fingerprint density at radius 2 is 2.03 bits per heavy atom. The standard InChI is InChI=1S/C22H24F4N8O2/c23-13-3-4-14(33-6-5-21(28,8-33)20(36)32-11-1-2-11)12(15(13)17(35)22(24,25)26)7-34-10-31-16-18(27)29-9-30-19(16)34/h3-4,9-11,17,35H,1-2,5-8,28H2,(H,32,36)(H2,27,29,30)/t17-,21+/m0/s1. The van der Waals surface area contributed by atoms with Gasteiger partial charge in [0.05, 0.1) is 12.9 Å². The molecule has 1 saturated heterocycles. The molecule has 5 rings (SSSR count). The van der Waals surface area contributed by atoms with E-state index in [1.807, 2.05) is 0 Å². The van der Waals surface area contributed by atoms with E-state index in [1.165, 1.54) is 23.3 Å². The number of rotatable bonds is 6. The molecule has 2 aliphatic rings. The van der Waals surface area contributed by atoms with Crippen LogP contribution in [0, 0.1) is 5.82 Å². The first-order chi connectivity index (χ1) is 17.0. The number of carbonyl (C=O) groups is 1. The van der Waals surface area contributed by atoms with Crippen molar-refractivity contribution in [2.75, 3.05) is 23.7 Å². The molecule has 0 spiro atoms. The molecule has 1 aliphatic heterocycles. The molecule has 0 radical (unpaired) electrons. The Kier molecular flexibility index (Phi) is 5.75. The molecule has 2 aromatic heterocycles. The fraction of sp³-hybridized carbons (Fsp3) is 0.455. The molecule has 14 heteroatoms. The second kappa shape index (κ2) is 8.55. The van der Waals surface area contributed by atoms with Crippen molar-refractivity contribution in [1.29, 1.82) is 0 Å². The number of nitrogen functional groups attached to an aromatic ring is 1. The molecule has 36 heavy (non-hydrogen) atoms. The Bertz CT molecular complexity index is 1330. The van der Waals surface area contributed by atoms with E-state index in [0.717, 1.165) is 18.9 Å². The first kappa shape index (κ1) is 24.2. The predicted octanol–water partition coefficient (Wildman–Crippen LogP) is 1.38. The SMILES string of the molecule is Nc1ncnc2c1ncn2Cc1c(N2CC[C@](N)(C(=O)NC3CC3)C2)ccc(F)c1[C@H](O)C(F)(F)F. The lowest BCUT2D eigenvalue weighted by atomic mass is 9.97. The Hall–Kier alpha value is -3.52. The average Bonchev–Trinajstić information content (AvgIpc) is 3.39. The number of fused-ring (bicyclic) bond motifs is 1. The van der Waals surface area contributed by atoms with Crippen LogP contribution < -0.4 is 21.7 Å². The lowest BCUT2D eigenvalue weighted by Crippen LogP contribution is -2.56. The first-order valence-electron chi connectivity index (χ1n) is 11.3. The van der Waals surface area contributed by atoms with Gasteiger partial charge in [-0.25, -0.2) is 19.3 Å². The number of carbonyl (C=O) groups excluding carboxylic acids is 1. The molecule has 6 N–H and O–H groups in total. The molecule has 1 aromatic carbocycles.